The average Bonchev–Trinajstić information content (AvgIpc) is 3.08. The van der Waals surface area contributed by atoms with E-state index in [1.807, 2.05) is 6.92 Å². The summed E-state index contributed by atoms with van der Waals surface area (Å²) in [6.45, 7) is 4.80. The molecule has 28 heavy (non-hydrogen) atoms. The van der Waals surface area contributed by atoms with Crippen LogP contribution in [0.5, 0.6) is 5.75 Å². The molecule has 1 fully saturated rings. The number of benzene rings is 1. The van der Waals surface area contributed by atoms with E-state index in [2.05, 4.69) is 22.0 Å². The molecule has 2 atom stereocenters. The lowest BCUT2D eigenvalue weighted by Gasteiger charge is -2.43. The van der Waals surface area contributed by atoms with Crippen molar-refractivity contribution in [2.75, 3.05) is 11.4 Å². The Bertz CT molecular complexity index is 878. The van der Waals surface area contributed by atoms with Gasteiger partial charge in [0.2, 0.25) is 5.89 Å². The predicted octanol–water partition coefficient (Wildman–Crippen LogP) is 3.08. The van der Waals surface area contributed by atoms with Gasteiger partial charge in [0.1, 0.15) is 6.10 Å². The molecule has 0 bridgehead atoms. The van der Waals surface area contributed by atoms with Crippen LogP contribution in [0.2, 0.25) is 0 Å². The summed E-state index contributed by atoms with van der Waals surface area (Å²) in [5.41, 5.74) is 7.14. The van der Waals surface area contributed by atoms with E-state index in [1.54, 1.807) is 6.07 Å². The van der Waals surface area contributed by atoms with Crippen molar-refractivity contribution in [3.63, 3.8) is 0 Å². The highest BCUT2D eigenvalue weighted by molar-refractivity contribution is 5.85. The van der Waals surface area contributed by atoms with Crippen molar-refractivity contribution < 1.29 is 13.5 Å². The van der Waals surface area contributed by atoms with Gasteiger partial charge in [0.05, 0.1) is 12.2 Å². The van der Waals surface area contributed by atoms with E-state index >= 15 is 0 Å². The van der Waals surface area contributed by atoms with E-state index in [-0.39, 0.29) is 42.2 Å². The lowest BCUT2D eigenvalue weighted by molar-refractivity contribution is 0.187. The quantitative estimate of drug-likeness (QED) is 0.804. The van der Waals surface area contributed by atoms with Gasteiger partial charge < -0.3 is 19.8 Å². The molecule has 1 aromatic heterocycles. The maximum Gasteiger partial charge on any atom is 0.434 e. The van der Waals surface area contributed by atoms with Gasteiger partial charge in [-0.3, -0.25) is 0 Å². The van der Waals surface area contributed by atoms with Crippen LogP contribution in [0.4, 0.5) is 10.1 Å². The molecule has 0 spiro atoms. The molecule has 4 rings (SSSR count). The Kier molecular flexibility index (Phi) is 6.00. The smallest absolute Gasteiger partial charge is 0.434 e. The number of nitrogens with one attached hydrogen (secondary N) is 1. The highest BCUT2D eigenvalue weighted by Crippen LogP contribution is 2.42. The van der Waals surface area contributed by atoms with Crippen molar-refractivity contribution in [1.29, 1.82) is 0 Å². The zero-order valence-electron chi connectivity index (χ0n) is 16.0. The van der Waals surface area contributed by atoms with Gasteiger partial charge in [-0.15, -0.1) is 17.5 Å². The molecule has 2 aromatic rings. The zero-order chi connectivity index (χ0) is 19.1. The third-order valence-corrected chi connectivity index (χ3v) is 5.78. The predicted molar refractivity (Wildman–Crippen MR) is 107 cm³/mol. The van der Waals surface area contributed by atoms with Crippen molar-refractivity contribution in [3.05, 3.63) is 28.5 Å². The van der Waals surface area contributed by atoms with Crippen LogP contribution < -0.4 is 21.1 Å². The number of aromatic amines is 1. The molecular formula is C19H26ClFN4O3. The molecule has 2 heterocycles. The van der Waals surface area contributed by atoms with Crippen LogP contribution in [0, 0.1) is 11.7 Å². The summed E-state index contributed by atoms with van der Waals surface area (Å²) in [7, 11) is 0. The maximum atomic E-state index is 14.8. The fourth-order valence-electron chi connectivity index (χ4n) is 4.27. The van der Waals surface area contributed by atoms with Crippen LogP contribution in [-0.2, 0) is 0 Å². The van der Waals surface area contributed by atoms with Gasteiger partial charge >= 0.3 is 5.76 Å². The third kappa shape index (κ3) is 3.89. The fraction of sp³-hybridized carbons (Fsp3) is 0.579. The van der Waals surface area contributed by atoms with Crippen LogP contribution in [0.15, 0.2) is 21.3 Å². The Morgan fingerprint density at radius 1 is 1.32 bits per heavy atom. The van der Waals surface area contributed by atoms with Crippen LogP contribution in [0.1, 0.15) is 39.5 Å². The molecule has 7 nitrogen and oxygen atoms in total. The van der Waals surface area contributed by atoms with E-state index in [0.29, 0.717) is 23.7 Å². The summed E-state index contributed by atoms with van der Waals surface area (Å²) in [4.78, 5) is 13.5. The topological polar surface area (TPSA) is 97.4 Å². The van der Waals surface area contributed by atoms with Gasteiger partial charge in [0, 0.05) is 17.6 Å². The number of rotatable bonds is 3. The van der Waals surface area contributed by atoms with Gasteiger partial charge in [0.25, 0.3) is 0 Å². The Hall–Kier alpha value is -2.06. The normalized spacial score (nSPS) is 25.4. The molecule has 0 saturated heterocycles. The maximum absolute atomic E-state index is 14.8. The number of ether oxygens (including phenoxy) is 1. The Labute approximate surface area is 168 Å². The molecule has 0 amide bonds. The lowest BCUT2D eigenvalue weighted by Crippen LogP contribution is -2.48. The van der Waals surface area contributed by atoms with Crippen LogP contribution >= 0.6 is 12.4 Å². The molecule has 0 unspecified atom stereocenters. The van der Waals surface area contributed by atoms with Crippen molar-refractivity contribution in [3.8, 4) is 17.2 Å². The Balaban J connectivity index is 0.00000225. The highest BCUT2D eigenvalue weighted by Gasteiger charge is 2.34. The first-order valence-corrected chi connectivity index (χ1v) is 9.50. The van der Waals surface area contributed by atoms with E-state index < -0.39 is 11.6 Å². The molecular weight excluding hydrogens is 387 g/mol. The Morgan fingerprint density at radius 3 is 2.68 bits per heavy atom. The van der Waals surface area contributed by atoms with Crippen LogP contribution in [0.3, 0.4) is 0 Å². The van der Waals surface area contributed by atoms with E-state index in [4.69, 9.17) is 14.9 Å². The van der Waals surface area contributed by atoms with Crippen LogP contribution in [-0.4, -0.2) is 34.9 Å². The van der Waals surface area contributed by atoms with E-state index in [0.717, 1.165) is 25.7 Å². The second-order valence-corrected chi connectivity index (χ2v) is 7.72. The number of halogens is 2. The zero-order valence-corrected chi connectivity index (χ0v) is 16.8. The van der Waals surface area contributed by atoms with Crippen molar-refractivity contribution in [1.82, 2.24) is 10.2 Å². The van der Waals surface area contributed by atoms with Crippen molar-refractivity contribution in [2.45, 2.75) is 57.7 Å². The molecule has 1 saturated carbocycles. The second-order valence-electron chi connectivity index (χ2n) is 7.72. The van der Waals surface area contributed by atoms with Crippen LogP contribution in [0.25, 0.3) is 11.5 Å². The summed E-state index contributed by atoms with van der Waals surface area (Å²) in [5.74, 6) is -0.344. The number of nitrogens with zero attached hydrogens (tertiary/aromatic N) is 2. The number of anilines is 1. The van der Waals surface area contributed by atoms with Gasteiger partial charge in [-0.1, -0.05) is 0 Å². The molecule has 0 radical (unpaired) electrons. The van der Waals surface area contributed by atoms with Gasteiger partial charge in [-0.25, -0.2) is 14.3 Å². The first kappa shape index (κ1) is 20.7. The SMILES string of the molecule is C[C@@H]1CN([C@@H](C)C2CCC(N)CC2)c2cc(-c3n[nH]c(=O)o3)cc(F)c2O1.Cl. The lowest BCUT2D eigenvalue weighted by atomic mass is 9.81. The van der Waals surface area contributed by atoms with E-state index in [1.165, 1.54) is 6.07 Å². The molecule has 9 heteroatoms. The number of hydrogen-bond donors (Lipinski definition) is 2. The summed E-state index contributed by atoms with van der Waals surface area (Å²) in [6.07, 6.45) is 4.07. The summed E-state index contributed by atoms with van der Waals surface area (Å²) >= 11 is 0. The van der Waals surface area contributed by atoms with E-state index in [9.17, 15) is 9.18 Å². The largest absolute Gasteiger partial charge is 0.484 e. The van der Waals surface area contributed by atoms with Gasteiger partial charge in [-0.05, 0) is 57.6 Å². The monoisotopic (exact) mass is 412 g/mol. The first-order chi connectivity index (χ1) is 12.9. The second kappa shape index (κ2) is 8.13. The van der Waals surface area contributed by atoms with Gasteiger partial charge in [-0.2, -0.15) is 0 Å². The third-order valence-electron chi connectivity index (χ3n) is 5.78. The van der Waals surface area contributed by atoms with Crippen molar-refractivity contribution >= 4 is 18.1 Å². The average molecular weight is 413 g/mol. The minimum atomic E-state index is -0.670. The number of fused-ring (bicyclic) bond motifs is 1. The number of nitrogens with two attached hydrogens (primary N) is 1. The summed E-state index contributed by atoms with van der Waals surface area (Å²) in [6, 6.07) is 3.59. The molecule has 2 aliphatic rings. The summed E-state index contributed by atoms with van der Waals surface area (Å²) in [5, 5.41) is 6.03. The highest BCUT2D eigenvalue weighted by atomic mass is 35.5. The number of hydrogen-bond acceptors (Lipinski definition) is 6. The van der Waals surface area contributed by atoms with Crippen molar-refractivity contribution in [2.24, 2.45) is 11.7 Å². The summed E-state index contributed by atoms with van der Waals surface area (Å²) < 4.78 is 25.6. The molecule has 3 N–H and O–H groups in total. The Morgan fingerprint density at radius 2 is 2.04 bits per heavy atom. The minimum absolute atomic E-state index is 0. The molecule has 1 aromatic carbocycles. The fourth-order valence-corrected chi connectivity index (χ4v) is 4.27. The minimum Gasteiger partial charge on any atom is -0.484 e. The molecule has 1 aliphatic carbocycles. The first-order valence-electron chi connectivity index (χ1n) is 9.50. The number of aromatic nitrogens is 2. The molecule has 154 valence electrons. The number of H-pyrrole nitrogens is 1. The van der Waals surface area contributed by atoms with Gasteiger partial charge in [0.15, 0.2) is 11.6 Å². The molecule has 1 aliphatic heterocycles. The standard InChI is InChI=1S/C19H25FN4O3.ClH/c1-10-9-24(11(2)12-3-5-14(21)6-4-12)16-8-13(7-15(20)17(16)26-10)18-22-23-19(25)27-18;/h7-8,10-12,14H,3-6,9,21H2,1-2H3,(H,23,25);1H/t10-,11+,12?,14?;/m1./s1.